The summed E-state index contributed by atoms with van der Waals surface area (Å²) < 4.78 is 5.36. The minimum absolute atomic E-state index is 0.164. The van der Waals surface area contributed by atoms with Crippen molar-refractivity contribution in [1.82, 2.24) is 0 Å². The zero-order chi connectivity index (χ0) is 15.9. The molecule has 0 bridgehead atoms. The topological polar surface area (TPSA) is 106 Å². The van der Waals surface area contributed by atoms with Gasteiger partial charge in [0.15, 0.2) is 19.0 Å². The standard InChI is InChI=1S/C15H11N3O4/c16-9-12-3-1-2-4-13(12)17-14(19)10-22-15(20)11-5-7-18(21)8-6-11/h1-8H,10H2,(H,17,19). The van der Waals surface area contributed by atoms with Crippen LogP contribution in [0.15, 0.2) is 48.8 Å². The van der Waals surface area contributed by atoms with Crippen LogP contribution in [0.1, 0.15) is 15.9 Å². The van der Waals surface area contributed by atoms with Gasteiger partial charge in [0, 0.05) is 12.1 Å². The number of anilines is 1. The number of hydrogen-bond donors (Lipinski definition) is 1. The molecule has 0 unspecified atom stereocenters. The van der Waals surface area contributed by atoms with Crippen LogP contribution in [0.4, 0.5) is 5.69 Å². The molecule has 22 heavy (non-hydrogen) atoms. The quantitative estimate of drug-likeness (QED) is 0.514. The number of benzene rings is 1. The van der Waals surface area contributed by atoms with Crippen molar-refractivity contribution in [2.75, 3.05) is 11.9 Å². The molecule has 0 fully saturated rings. The maximum absolute atomic E-state index is 11.7. The molecule has 0 radical (unpaired) electrons. The number of nitrogens with zero attached hydrogens (tertiary/aromatic N) is 2. The molecule has 1 aromatic carbocycles. The third kappa shape index (κ3) is 3.80. The summed E-state index contributed by atoms with van der Waals surface area (Å²) in [5.74, 6) is -1.28. The molecule has 0 atom stereocenters. The first-order chi connectivity index (χ1) is 10.6. The molecule has 1 heterocycles. The summed E-state index contributed by atoms with van der Waals surface area (Å²) in [6.07, 6.45) is 2.31. The van der Waals surface area contributed by atoms with E-state index in [0.29, 0.717) is 16.0 Å². The molecule has 0 spiro atoms. The second-order valence-corrected chi connectivity index (χ2v) is 4.23. The van der Waals surface area contributed by atoms with E-state index in [0.717, 1.165) is 12.4 Å². The van der Waals surface area contributed by atoms with E-state index < -0.39 is 18.5 Å². The number of esters is 1. The number of para-hydroxylation sites is 1. The van der Waals surface area contributed by atoms with E-state index in [2.05, 4.69) is 5.32 Å². The van der Waals surface area contributed by atoms with Crippen LogP contribution in [0.25, 0.3) is 0 Å². The molecule has 7 nitrogen and oxygen atoms in total. The van der Waals surface area contributed by atoms with Crippen LogP contribution < -0.4 is 10.0 Å². The first-order valence-corrected chi connectivity index (χ1v) is 6.25. The Kier molecular flexibility index (Phi) is 4.67. The zero-order valence-corrected chi connectivity index (χ0v) is 11.4. The van der Waals surface area contributed by atoms with Crippen molar-refractivity contribution >= 4 is 17.6 Å². The van der Waals surface area contributed by atoms with Gasteiger partial charge >= 0.3 is 5.97 Å². The molecule has 1 amide bonds. The number of rotatable bonds is 4. The summed E-state index contributed by atoms with van der Waals surface area (Å²) in [7, 11) is 0. The van der Waals surface area contributed by atoms with Gasteiger partial charge in [-0.3, -0.25) is 4.79 Å². The summed E-state index contributed by atoms with van der Waals surface area (Å²) in [4.78, 5) is 23.4. The van der Waals surface area contributed by atoms with Crippen LogP contribution in [0.5, 0.6) is 0 Å². The second kappa shape index (κ2) is 6.85. The molecular weight excluding hydrogens is 286 g/mol. The van der Waals surface area contributed by atoms with Gasteiger partial charge in [-0.25, -0.2) is 4.79 Å². The van der Waals surface area contributed by atoms with Crippen molar-refractivity contribution in [3.8, 4) is 6.07 Å². The minimum atomic E-state index is -0.718. The molecule has 0 aliphatic rings. The van der Waals surface area contributed by atoms with Crippen molar-refractivity contribution in [3.63, 3.8) is 0 Å². The van der Waals surface area contributed by atoms with Gasteiger partial charge in [-0.15, -0.1) is 0 Å². The van der Waals surface area contributed by atoms with E-state index in [4.69, 9.17) is 10.00 Å². The fourth-order valence-corrected chi connectivity index (χ4v) is 1.64. The molecule has 0 aliphatic carbocycles. The maximum Gasteiger partial charge on any atom is 0.339 e. The average molecular weight is 297 g/mol. The van der Waals surface area contributed by atoms with Gasteiger partial charge in [-0.05, 0) is 12.1 Å². The summed E-state index contributed by atoms with van der Waals surface area (Å²) in [6.45, 7) is -0.495. The number of aromatic nitrogens is 1. The highest BCUT2D eigenvalue weighted by atomic mass is 16.5. The summed E-state index contributed by atoms with van der Waals surface area (Å²) in [5.41, 5.74) is 0.820. The molecular formula is C15H11N3O4. The Bertz CT molecular complexity index is 735. The summed E-state index contributed by atoms with van der Waals surface area (Å²) in [6, 6.07) is 11.0. The fourth-order valence-electron chi connectivity index (χ4n) is 1.64. The predicted molar refractivity (Wildman–Crippen MR) is 75.5 cm³/mol. The fraction of sp³-hybridized carbons (Fsp3) is 0.0667. The Labute approximate surface area is 126 Å². The van der Waals surface area contributed by atoms with Crippen LogP contribution in [0.2, 0.25) is 0 Å². The van der Waals surface area contributed by atoms with Crippen molar-refractivity contribution in [2.24, 2.45) is 0 Å². The molecule has 0 saturated heterocycles. The number of pyridine rings is 1. The Balaban J connectivity index is 1.91. The van der Waals surface area contributed by atoms with Gasteiger partial charge in [0.2, 0.25) is 0 Å². The Morgan fingerprint density at radius 1 is 1.23 bits per heavy atom. The molecule has 110 valence electrons. The first kappa shape index (κ1) is 15.0. The minimum Gasteiger partial charge on any atom is -0.619 e. The molecule has 1 N–H and O–H groups in total. The summed E-state index contributed by atoms with van der Waals surface area (Å²) >= 11 is 0. The van der Waals surface area contributed by atoms with Crippen LogP contribution >= 0.6 is 0 Å². The maximum atomic E-state index is 11.7. The van der Waals surface area contributed by atoms with Crippen molar-refractivity contribution in [3.05, 3.63) is 65.1 Å². The van der Waals surface area contributed by atoms with Crippen molar-refractivity contribution < 1.29 is 19.1 Å². The van der Waals surface area contributed by atoms with Gasteiger partial charge in [-0.1, -0.05) is 12.1 Å². The average Bonchev–Trinajstić information content (AvgIpc) is 2.54. The highest BCUT2D eigenvalue weighted by Gasteiger charge is 2.12. The highest BCUT2D eigenvalue weighted by molar-refractivity contribution is 5.96. The van der Waals surface area contributed by atoms with Crippen LogP contribution in [-0.2, 0) is 9.53 Å². The summed E-state index contributed by atoms with van der Waals surface area (Å²) in [5, 5.41) is 22.2. The smallest absolute Gasteiger partial charge is 0.339 e. The normalized spacial score (nSPS) is 9.59. The first-order valence-electron chi connectivity index (χ1n) is 6.25. The number of carbonyl (C=O) groups is 2. The zero-order valence-electron chi connectivity index (χ0n) is 11.4. The number of amides is 1. The lowest BCUT2D eigenvalue weighted by atomic mass is 10.2. The third-order valence-corrected chi connectivity index (χ3v) is 2.69. The van der Waals surface area contributed by atoms with Gasteiger partial charge in [0.05, 0.1) is 16.8 Å². The largest absolute Gasteiger partial charge is 0.619 e. The SMILES string of the molecule is N#Cc1ccccc1NC(=O)COC(=O)c1cc[n+]([O-])cc1. The number of nitrogens with one attached hydrogen (secondary N) is 1. The Morgan fingerprint density at radius 2 is 1.91 bits per heavy atom. The number of ether oxygens (including phenoxy) is 1. The molecule has 2 rings (SSSR count). The van der Waals surface area contributed by atoms with Crippen molar-refractivity contribution in [1.29, 1.82) is 5.26 Å². The molecule has 0 aliphatic heterocycles. The molecule has 1 aromatic heterocycles. The van der Waals surface area contributed by atoms with Crippen LogP contribution in [0.3, 0.4) is 0 Å². The van der Waals surface area contributed by atoms with E-state index in [1.54, 1.807) is 24.3 Å². The molecule has 2 aromatic rings. The van der Waals surface area contributed by atoms with Crippen LogP contribution in [0, 0.1) is 16.5 Å². The lowest BCUT2D eigenvalue weighted by molar-refractivity contribution is -0.605. The Hall–Kier alpha value is -3.40. The predicted octanol–water partition coefficient (Wildman–Crippen LogP) is 0.987. The van der Waals surface area contributed by atoms with E-state index in [9.17, 15) is 14.8 Å². The molecule has 0 saturated carbocycles. The number of hydrogen-bond acceptors (Lipinski definition) is 5. The molecule has 7 heteroatoms. The number of nitriles is 1. The van der Waals surface area contributed by atoms with E-state index in [1.165, 1.54) is 12.1 Å². The second-order valence-electron chi connectivity index (χ2n) is 4.23. The van der Waals surface area contributed by atoms with Crippen molar-refractivity contribution in [2.45, 2.75) is 0 Å². The third-order valence-electron chi connectivity index (χ3n) is 2.69. The van der Waals surface area contributed by atoms with Gasteiger partial charge in [-0.2, -0.15) is 9.99 Å². The number of carbonyl (C=O) groups excluding carboxylic acids is 2. The van der Waals surface area contributed by atoms with E-state index >= 15 is 0 Å². The Morgan fingerprint density at radius 3 is 2.59 bits per heavy atom. The van der Waals surface area contributed by atoms with E-state index in [-0.39, 0.29) is 5.56 Å². The van der Waals surface area contributed by atoms with Gasteiger partial charge in [0.1, 0.15) is 6.07 Å². The lowest BCUT2D eigenvalue weighted by Gasteiger charge is -2.07. The van der Waals surface area contributed by atoms with Crippen LogP contribution in [-0.4, -0.2) is 18.5 Å². The van der Waals surface area contributed by atoms with Gasteiger partial charge in [0.25, 0.3) is 5.91 Å². The van der Waals surface area contributed by atoms with E-state index in [1.807, 2.05) is 6.07 Å². The monoisotopic (exact) mass is 297 g/mol. The lowest BCUT2D eigenvalue weighted by Crippen LogP contribution is -2.25. The highest BCUT2D eigenvalue weighted by Crippen LogP contribution is 2.13. The van der Waals surface area contributed by atoms with Gasteiger partial charge < -0.3 is 15.3 Å².